The van der Waals surface area contributed by atoms with Gasteiger partial charge in [0.1, 0.15) is 17.1 Å². The number of nitrogens with one attached hydrogen (secondary N) is 1. The van der Waals surface area contributed by atoms with E-state index in [-0.39, 0.29) is 12.4 Å². The molecule has 4 nitrogen and oxygen atoms in total. The second-order valence-corrected chi connectivity index (χ2v) is 5.43. The minimum Gasteiger partial charge on any atom is -0.487 e. The Kier molecular flexibility index (Phi) is 4.32. The number of benzene rings is 1. The Labute approximate surface area is 115 Å². The van der Waals surface area contributed by atoms with Gasteiger partial charge in [0, 0.05) is 31.2 Å². The van der Waals surface area contributed by atoms with E-state index in [2.05, 4.69) is 32.2 Å². The molecule has 1 N–H and O–H groups in total. The fourth-order valence-electron chi connectivity index (χ4n) is 2.48. The van der Waals surface area contributed by atoms with Gasteiger partial charge in [-0.15, -0.1) is 0 Å². The van der Waals surface area contributed by atoms with Crippen molar-refractivity contribution in [1.29, 1.82) is 0 Å². The fourth-order valence-corrected chi connectivity index (χ4v) is 2.48. The maximum atomic E-state index is 6.06. The number of ether oxygens (including phenoxy) is 3. The van der Waals surface area contributed by atoms with Crippen LogP contribution in [0.2, 0.25) is 0 Å². The molecule has 0 saturated heterocycles. The summed E-state index contributed by atoms with van der Waals surface area (Å²) in [5, 5.41) is 3.51. The Morgan fingerprint density at radius 2 is 2.21 bits per heavy atom. The van der Waals surface area contributed by atoms with Gasteiger partial charge in [0.15, 0.2) is 6.79 Å². The van der Waals surface area contributed by atoms with Crippen LogP contribution >= 0.6 is 0 Å². The quantitative estimate of drug-likeness (QED) is 0.831. The van der Waals surface area contributed by atoms with Gasteiger partial charge < -0.3 is 19.5 Å². The zero-order valence-electron chi connectivity index (χ0n) is 12.2. The SMILES string of the molecule is CCNC1CC(C)(C)Oc2cc(OCOC)ccc21. The largest absolute Gasteiger partial charge is 0.487 e. The minimum absolute atomic E-state index is 0.167. The van der Waals surface area contributed by atoms with Gasteiger partial charge in [0.05, 0.1) is 0 Å². The second kappa shape index (κ2) is 5.80. The van der Waals surface area contributed by atoms with Gasteiger partial charge in [0.2, 0.25) is 0 Å². The van der Waals surface area contributed by atoms with Crippen LogP contribution < -0.4 is 14.8 Å². The van der Waals surface area contributed by atoms with Crippen LogP contribution in [0.3, 0.4) is 0 Å². The Bertz CT molecular complexity index is 431. The average Bonchev–Trinajstić information content (AvgIpc) is 2.35. The summed E-state index contributed by atoms with van der Waals surface area (Å²) in [7, 11) is 1.61. The van der Waals surface area contributed by atoms with Crippen molar-refractivity contribution < 1.29 is 14.2 Å². The molecule has 1 unspecified atom stereocenters. The van der Waals surface area contributed by atoms with E-state index >= 15 is 0 Å². The lowest BCUT2D eigenvalue weighted by Crippen LogP contribution is -2.39. The first kappa shape index (κ1) is 14.2. The molecule has 0 saturated carbocycles. The van der Waals surface area contributed by atoms with Crippen LogP contribution in [-0.2, 0) is 4.74 Å². The molecule has 0 fully saturated rings. The van der Waals surface area contributed by atoms with E-state index in [4.69, 9.17) is 14.2 Å². The number of rotatable bonds is 5. The highest BCUT2D eigenvalue weighted by Gasteiger charge is 2.33. The first-order valence-electron chi connectivity index (χ1n) is 6.74. The van der Waals surface area contributed by atoms with E-state index in [1.54, 1.807) is 7.11 Å². The summed E-state index contributed by atoms with van der Waals surface area (Å²) in [4.78, 5) is 0. The van der Waals surface area contributed by atoms with Crippen LogP contribution in [0.4, 0.5) is 0 Å². The molecule has 19 heavy (non-hydrogen) atoms. The van der Waals surface area contributed by atoms with E-state index in [1.807, 2.05) is 12.1 Å². The third kappa shape index (κ3) is 3.39. The van der Waals surface area contributed by atoms with Crippen molar-refractivity contribution in [3.05, 3.63) is 23.8 Å². The first-order chi connectivity index (χ1) is 9.05. The normalized spacial score (nSPS) is 20.5. The third-order valence-corrected chi connectivity index (χ3v) is 3.24. The standard InChI is InChI=1S/C15H23NO3/c1-5-16-13-9-15(2,3)19-14-8-11(18-10-17-4)6-7-12(13)14/h6-8,13,16H,5,9-10H2,1-4H3. The molecule has 4 heteroatoms. The van der Waals surface area contributed by atoms with Gasteiger partial charge in [-0.3, -0.25) is 0 Å². The molecule has 2 rings (SSSR count). The van der Waals surface area contributed by atoms with E-state index in [0.717, 1.165) is 24.5 Å². The van der Waals surface area contributed by atoms with E-state index in [9.17, 15) is 0 Å². The van der Waals surface area contributed by atoms with Gasteiger partial charge in [-0.2, -0.15) is 0 Å². The summed E-state index contributed by atoms with van der Waals surface area (Å²) in [6, 6.07) is 6.31. The zero-order chi connectivity index (χ0) is 13.9. The topological polar surface area (TPSA) is 39.7 Å². The van der Waals surface area contributed by atoms with Crippen molar-refractivity contribution in [3.8, 4) is 11.5 Å². The Morgan fingerprint density at radius 1 is 1.42 bits per heavy atom. The van der Waals surface area contributed by atoms with Crippen LogP contribution in [0.5, 0.6) is 11.5 Å². The number of hydrogen-bond donors (Lipinski definition) is 1. The van der Waals surface area contributed by atoms with Gasteiger partial charge in [0.25, 0.3) is 0 Å². The summed E-state index contributed by atoms with van der Waals surface area (Å²) in [6.45, 7) is 7.55. The van der Waals surface area contributed by atoms with Crippen molar-refractivity contribution in [2.24, 2.45) is 0 Å². The molecule has 0 aliphatic carbocycles. The van der Waals surface area contributed by atoms with Crippen LogP contribution in [0.15, 0.2) is 18.2 Å². The highest BCUT2D eigenvalue weighted by Crippen LogP contribution is 2.41. The van der Waals surface area contributed by atoms with Gasteiger partial charge >= 0.3 is 0 Å². The van der Waals surface area contributed by atoms with Crippen LogP contribution in [0.25, 0.3) is 0 Å². The number of methoxy groups -OCH3 is 1. The van der Waals surface area contributed by atoms with E-state index in [1.165, 1.54) is 5.56 Å². The molecule has 1 aromatic rings. The second-order valence-electron chi connectivity index (χ2n) is 5.43. The molecule has 0 radical (unpaired) electrons. The molecule has 106 valence electrons. The summed E-state index contributed by atoms with van der Waals surface area (Å²) < 4.78 is 16.4. The summed E-state index contributed by atoms with van der Waals surface area (Å²) in [5.74, 6) is 1.67. The summed E-state index contributed by atoms with van der Waals surface area (Å²) >= 11 is 0. The molecule has 1 aliphatic rings. The van der Waals surface area contributed by atoms with E-state index in [0.29, 0.717) is 6.04 Å². The van der Waals surface area contributed by atoms with Gasteiger partial charge in [-0.05, 0) is 26.5 Å². The molecular formula is C15H23NO3. The molecular weight excluding hydrogens is 242 g/mol. The maximum Gasteiger partial charge on any atom is 0.188 e. The van der Waals surface area contributed by atoms with Crippen molar-refractivity contribution in [3.63, 3.8) is 0 Å². The molecule has 1 aliphatic heterocycles. The predicted molar refractivity (Wildman–Crippen MR) is 74.7 cm³/mol. The Balaban J connectivity index is 2.26. The predicted octanol–water partition coefficient (Wildman–Crippen LogP) is 2.88. The lowest BCUT2D eigenvalue weighted by Gasteiger charge is -2.38. The first-order valence-corrected chi connectivity index (χ1v) is 6.74. The molecule has 0 aromatic heterocycles. The smallest absolute Gasteiger partial charge is 0.188 e. The molecule has 1 atom stereocenters. The van der Waals surface area contributed by atoms with Crippen molar-refractivity contribution in [1.82, 2.24) is 5.32 Å². The monoisotopic (exact) mass is 265 g/mol. The van der Waals surface area contributed by atoms with Crippen LogP contribution in [0.1, 0.15) is 38.8 Å². The Hall–Kier alpha value is -1.26. The minimum atomic E-state index is -0.167. The van der Waals surface area contributed by atoms with E-state index < -0.39 is 0 Å². The van der Waals surface area contributed by atoms with Crippen LogP contribution in [-0.4, -0.2) is 26.0 Å². The molecule has 0 bridgehead atoms. The van der Waals surface area contributed by atoms with Crippen molar-refractivity contribution in [2.45, 2.75) is 38.8 Å². The molecule has 0 spiro atoms. The highest BCUT2D eigenvalue weighted by molar-refractivity contribution is 5.44. The number of hydrogen-bond acceptors (Lipinski definition) is 4. The third-order valence-electron chi connectivity index (χ3n) is 3.24. The maximum absolute atomic E-state index is 6.06. The zero-order valence-corrected chi connectivity index (χ0v) is 12.2. The van der Waals surface area contributed by atoms with Crippen molar-refractivity contribution in [2.75, 3.05) is 20.4 Å². The Morgan fingerprint density at radius 3 is 2.89 bits per heavy atom. The fraction of sp³-hybridized carbons (Fsp3) is 0.600. The summed E-state index contributed by atoms with van der Waals surface area (Å²) in [5.41, 5.74) is 1.03. The van der Waals surface area contributed by atoms with Gasteiger partial charge in [-0.25, -0.2) is 0 Å². The average molecular weight is 265 g/mol. The lowest BCUT2D eigenvalue weighted by atomic mass is 9.89. The lowest BCUT2D eigenvalue weighted by molar-refractivity contribution is 0.0483. The summed E-state index contributed by atoms with van der Waals surface area (Å²) in [6.07, 6.45) is 0.964. The molecule has 1 heterocycles. The van der Waals surface area contributed by atoms with Crippen LogP contribution in [0, 0.1) is 0 Å². The van der Waals surface area contributed by atoms with Gasteiger partial charge in [-0.1, -0.05) is 13.0 Å². The molecule has 0 amide bonds. The number of fused-ring (bicyclic) bond motifs is 1. The molecule has 1 aromatic carbocycles. The highest BCUT2D eigenvalue weighted by atomic mass is 16.7. The van der Waals surface area contributed by atoms with Crippen molar-refractivity contribution >= 4 is 0 Å².